The number of benzene rings is 3. The number of methoxy groups -OCH3 is 1. The van der Waals surface area contributed by atoms with E-state index in [-0.39, 0.29) is 28.4 Å². The molecule has 194 valence electrons. The van der Waals surface area contributed by atoms with Crippen molar-refractivity contribution < 1.29 is 21.8 Å². The Hall–Kier alpha value is -4.08. The number of ether oxygens (including phenoxy) is 1. The molecule has 0 aliphatic rings. The summed E-state index contributed by atoms with van der Waals surface area (Å²) in [4.78, 5) is 18.3. The van der Waals surface area contributed by atoms with Crippen LogP contribution in [-0.2, 0) is 16.7 Å². The van der Waals surface area contributed by atoms with E-state index in [1.54, 1.807) is 56.5 Å². The minimum absolute atomic E-state index is 0.0528. The van der Waals surface area contributed by atoms with E-state index in [0.717, 1.165) is 11.1 Å². The van der Waals surface area contributed by atoms with E-state index in [9.17, 15) is 13.2 Å². The Morgan fingerprint density at radius 3 is 2.34 bits per heavy atom. The molecule has 0 N–H and O–H groups in total. The second-order valence-electron chi connectivity index (χ2n) is 8.71. The van der Waals surface area contributed by atoms with Gasteiger partial charge in [-0.3, -0.25) is 4.79 Å². The highest BCUT2D eigenvalue weighted by Gasteiger charge is 2.27. The van der Waals surface area contributed by atoms with Crippen molar-refractivity contribution in [1.82, 2.24) is 9.55 Å². The van der Waals surface area contributed by atoms with Crippen molar-refractivity contribution in [3.63, 3.8) is 0 Å². The summed E-state index contributed by atoms with van der Waals surface area (Å²) in [6.45, 7) is 3.66. The number of aromatic nitrogens is 2. The summed E-state index contributed by atoms with van der Waals surface area (Å²) in [5, 5.41) is 0.670. The minimum Gasteiger partial charge on any atom is -0.497 e. The quantitative estimate of drug-likeness (QED) is 0.238. The molecule has 38 heavy (non-hydrogen) atoms. The highest BCUT2D eigenvalue weighted by atomic mass is 35.5. The van der Waals surface area contributed by atoms with Gasteiger partial charge in [0.05, 0.1) is 19.2 Å². The first-order valence-corrected chi connectivity index (χ1v) is 13.4. The lowest BCUT2D eigenvalue weighted by molar-refractivity contribution is 0.414. The molecule has 5 aromatic rings. The number of hydrogen-bond donors (Lipinski definition) is 0. The number of rotatable bonds is 7. The van der Waals surface area contributed by atoms with Gasteiger partial charge < -0.3 is 17.9 Å². The first-order chi connectivity index (χ1) is 18.2. The molecule has 5 rings (SSSR count). The average molecular weight is 551 g/mol. The SMILES string of the molecule is COc1ccc(Cn2c(=O)c(-c3coc(C)n3)c(OS(=O)(=O)c3ccc(C)cc3)c3cc(Cl)ccc32)cc1. The third-order valence-electron chi connectivity index (χ3n) is 6.06. The van der Waals surface area contributed by atoms with E-state index < -0.39 is 15.7 Å². The minimum atomic E-state index is -4.32. The molecule has 8 nitrogen and oxygen atoms in total. The van der Waals surface area contributed by atoms with Crippen molar-refractivity contribution in [3.05, 3.63) is 105 Å². The maximum Gasteiger partial charge on any atom is 0.339 e. The number of hydrogen-bond acceptors (Lipinski definition) is 7. The topological polar surface area (TPSA) is 101 Å². The highest BCUT2D eigenvalue weighted by molar-refractivity contribution is 7.87. The van der Waals surface area contributed by atoms with Gasteiger partial charge in [0.2, 0.25) is 0 Å². The standard InChI is InChI=1S/C28H23ClN2O6S/c1-17-4-11-22(12-5-17)38(33,34)37-27-23-14-20(29)8-13-25(23)31(15-19-6-9-21(35-3)10-7-19)28(32)26(27)24-16-36-18(2)30-24/h4-14,16H,15H2,1-3H3. The molecule has 2 heterocycles. The fourth-order valence-electron chi connectivity index (χ4n) is 4.13. The lowest BCUT2D eigenvalue weighted by Crippen LogP contribution is -2.25. The predicted octanol–water partition coefficient (Wildman–Crippen LogP) is 5.75. The zero-order valence-electron chi connectivity index (χ0n) is 20.8. The Kier molecular flexibility index (Phi) is 6.73. The molecular weight excluding hydrogens is 528 g/mol. The lowest BCUT2D eigenvalue weighted by atomic mass is 10.1. The first kappa shape index (κ1) is 25.6. The van der Waals surface area contributed by atoms with Crippen LogP contribution in [0.2, 0.25) is 5.02 Å². The van der Waals surface area contributed by atoms with Gasteiger partial charge in [0.25, 0.3) is 5.56 Å². The maximum atomic E-state index is 14.0. The molecule has 0 saturated carbocycles. The Balaban J connectivity index is 1.77. The maximum absolute atomic E-state index is 14.0. The third-order valence-corrected chi connectivity index (χ3v) is 7.53. The second-order valence-corrected chi connectivity index (χ2v) is 10.7. The summed E-state index contributed by atoms with van der Waals surface area (Å²) in [6.07, 6.45) is 1.30. The molecule has 0 spiro atoms. The average Bonchev–Trinajstić information content (AvgIpc) is 3.32. The van der Waals surface area contributed by atoms with E-state index in [1.807, 2.05) is 19.1 Å². The molecule has 0 fully saturated rings. The first-order valence-electron chi connectivity index (χ1n) is 11.6. The molecule has 0 aliphatic carbocycles. The molecule has 0 atom stereocenters. The van der Waals surface area contributed by atoms with Crippen LogP contribution in [-0.4, -0.2) is 25.1 Å². The van der Waals surface area contributed by atoms with Crippen molar-refractivity contribution in [1.29, 1.82) is 0 Å². The summed E-state index contributed by atoms with van der Waals surface area (Å²) in [5.41, 5.74) is 1.74. The van der Waals surface area contributed by atoms with E-state index in [1.165, 1.54) is 23.0 Å². The molecule has 0 aliphatic heterocycles. The van der Waals surface area contributed by atoms with Gasteiger partial charge >= 0.3 is 10.1 Å². The Labute approximate surface area is 224 Å². The molecule has 0 saturated heterocycles. The molecule has 0 unspecified atom stereocenters. The van der Waals surface area contributed by atoms with Crippen molar-refractivity contribution in [3.8, 4) is 22.8 Å². The van der Waals surface area contributed by atoms with Crippen LogP contribution < -0.4 is 14.5 Å². The van der Waals surface area contributed by atoms with Crippen molar-refractivity contribution in [2.75, 3.05) is 7.11 Å². The van der Waals surface area contributed by atoms with Gasteiger partial charge in [0, 0.05) is 17.3 Å². The Bertz CT molecular complexity index is 1810. The van der Waals surface area contributed by atoms with Gasteiger partial charge in [-0.2, -0.15) is 8.42 Å². The number of pyridine rings is 1. The van der Waals surface area contributed by atoms with Crippen LogP contribution in [0.3, 0.4) is 0 Å². The van der Waals surface area contributed by atoms with Crippen LogP contribution in [0.4, 0.5) is 0 Å². The monoisotopic (exact) mass is 550 g/mol. The largest absolute Gasteiger partial charge is 0.497 e. The fourth-order valence-corrected chi connectivity index (χ4v) is 5.26. The number of fused-ring (bicyclic) bond motifs is 1. The third kappa shape index (κ3) is 4.90. The lowest BCUT2D eigenvalue weighted by Gasteiger charge is -2.18. The molecule has 10 heteroatoms. The van der Waals surface area contributed by atoms with Gasteiger partial charge in [-0.15, -0.1) is 0 Å². The zero-order valence-corrected chi connectivity index (χ0v) is 22.3. The predicted molar refractivity (Wildman–Crippen MR) is 145 cm³/mol. The smallest absolute Gasteiger partial charge is 0.339 e. The summed E-state index contributed by atoms with van der Waals surface area (Å²) in [7, 11) is -2.74. The highest BCUT2D eigenvalue weighted by Crippen LogP contribution is 2.37. The summed E-state index contributed by atoms with van der Waals surface area (Å²) < 4.78 is 44.6. The van der Waals surface area contributed by atoms with Gasteiger partial charge in [-0.05, 0) is 55.0 Å². The number of nitrogens with zero attached hydrogens (tertiary/aromatic N) is 2. The van der Waals surface area contributed by atoms with Crippen molar-refractivity contribution >= 4 is 32.6 Å². The number of halogens is 1. The molecule has 0 radical (unpaired) electrons. The van der Waals surface area contributed by atoms with E-state index in [4.69, 9.17) is 24.9 Å². The molecule has 0 amide bonds. The summed E-state index contributed by atoms with van der Waals surface area (Å²) in [5.74, 6) is 0.813. The zero-order chi connectivity index (χ0) is 27.0. The van der Waals surface area contributed by atoms with E-state index in [2.05, 4.69) is 4.98 Å². The van der Waals surface area contributed by atoms with Gasteiger partial charge in [0.15, 0.2) is 11.6 Å². The van der Waals surface area contributed by atoms with Crippen LogP contribution >= 0.6 is 11.6 Å². The van der Waals surface area contributed by atoms with E-state index >= 15 is 0 Å². The normalized spacial score (nSPS) is 11.6. The number of oxazole rings is 1. The molecule has 3 aromatic carbocycles. The second kappa shape index (κ2) is 10.00. The van der Waals surface area contributed by atoms with Gasteiger partial charge in [-0.1, -0.05) is 41.4 Å². The Morgan fingerprint density at radius 1 is 1.00 bits per heavy atom. The van der Waals surface area contributed by atoms with Crippen molar-refractivity contribution in [2.45, 2.75) is 25.3 Å². The van der Waals surface area contributed by atoms with Crippen LogP contribution in [0, 0.1) is 13.8 Å². The van der Waals surface area contributed by atoms with Gasteiger partial charge in [-0.25, -0.2) is 4.98 Å². The number of aryl methyl sites for hydroxylation is 2. The molecule has 0 bridgehead atoms. The van der Waals surface area contributed by atoms with Crippen LogP contribution in [0.25, 0.3) is 22.2 Å². The Morgan fingerprint density at radius 2 is 1.71 bits per heavy atom. The van der Waals surface area contributed by atoms with Gasteiger partial charge in [0.1, 0.15) is 28.2 Å². The summed E-state index contributed by atoms with van der Waals surface area (Å²) >= 11 is 6.34. The molecular formula is C28H23ClN2O6S. The van der Waals surface area contributed by atoms with Crippen LogP contribution in [0.15, 0.2) is 87.1 Å². The summed E-state index contributed by atoms with van der Waals surface area (Å²) in [6, 6.07) is 18.4. The molecule has 2 aromatic heterocycles. The van der Waals surface area contributed by atoms with Crippen molar-refractivity contribution in [2.24, 2.45) is 0 Å². The fraction of sp³-hybridized carbons (Fsp3) is 0.143. The van der Waals surface area contributed by atoms with E-state index in [0.29, 0.717) is 27.6 Å². The van der Waals surface area contributed by atoms with Crippen LogP contribution in [0.1, 0.15) is 17.0 Å². The van der Waals surface area contributed by atoms with Crippen LogP contribution in [0.5, 0.6) is 11.5 Å².